The molecule has 2 N–H and O–H groups in total. The molecule has 4 nitrogen and oxygen atoms in total. The predicted octanol–water partition coefficient (Wildman–Crippen LogP) is 3.27. The molecule has 0 unspecified atom stereocenters. The van der Waals surface area contributed by atoms with Crippen LogP contribution in [-0.2, 0) is 6.54 Å². The Kier molecular flexibility index (Phi) is 4.40. The molecule has 0 spiro atoms. The number of halogens is 1. The molecule has 0 radical (unpaired) electrons. The van der Waals surface area contributed by atoms with Crippen molar-refractivity contribution in [3.8, 4) is 0 Å². The van der Waals surface area contributed by atoms with Crippen molar-refractivity contribution < 1.29 is 4.39 Å². The van der Waals surface area contributed by atoms with Gasteiger partial charge in [-0.2, -0.15) is 0 Å². The third-order valence-electron chi connectivity index (χ3n) is 3.36. The van der Waals surface area contributed by atoms with E-state index >= 15 is 0 Å². The Morgan fingerprint density at radius 1 is 1.29 bits per heavy atom. The van der Waals surface area contributed by atoms with Crippen LogP contribution in [0.1, 0.15) is 36.7 Å². The number of benzene rings is 1. The highest BCUT2D eigenvalue weighted by Gasteiger charge is 2.14. The van der Waals surface area contributed by atoms with Gasteiger partial charge in [-0.25, -0.2) is 14.4 Å². The molecule has 0 saturated carbocycles. The van der Waals surface area contributed by atoms with E-state index < -0.39 is 0 Å². The first-order valence-electron chi connectivity index (χ1n) is 6.98. The van der Waals surface area contributed by atoms with Crippen molar-refractivity contribution in [3.63, 3.8) is 0 Å². The maximum Gasteiger partial charge on any atom is 0.137 e. The third-order valence-corrected chi connectivity index (χ3v) is 3.36. The molecule has 0 aliphatic carbocycles. The molecule has 0 bridgehead atoms. The van der Waals surface area contributed by atoms with Crippen LogP contribution < -0.4 is 10.6 Å². The molecule has 0 atom stereocenters. The van der Waals surface area contributed by atoms with Gasteiger partial charge in [0.2, 0.25) is 0 Å². The van der Waals surface area contributed by atoms with E-state index in [0.29, 0.717) is 12.4 Å². The van der Waals surface area contributed by atoms with Gasteiger partial charge in [0, 0.05) is 25.1 Å². The summed E-state index contributed by atoms with van der Waals surface area (Å²) in [6.45, 7) is 6.52. The van der Waals surface area contributed by atoms with Crippen molar-refractivity contribution in [2.24, 2.45) is 0 Å². The summed E-state index contributed by atoms with van der Waals surface area (Å²) in [6, 6.07) is 6.57. The standard InChI is InChI=1S/C16H21FN4/c1-10(2)15-19-14(18)11(3)16(20-15)21(4)9-12-6-5-7-13(17)8-12/h5-8,10H,9H2,1-4H3,(H2,18,19,20). The van der Waals surface area contributed by atoms with Gasteiger partial charge < -0.3 is 10.6 Å². The van der Waals surface area contributed by atoms with Crippen LogP contribution in [0.2, 0.25) is 0 Å². The molecule has 5 heteroatoms. The Balaban J connectivity index is 2.32. The maximum absolute atomic E-state index is 13.3. The van der Waals surface area contributed by atoms with E-state index in [1.165, 1.54) is 12.1 Å². The summed E-state index contributed by atoms with van der Waals surface area (Å²) in [4.78, 5) is 10.9. The van der Waals surface area contributed by atoms with Crippen LogP contribution in [0.3, 0.4) is 0 Å². The summed E-state index contributed by atoms with van der Waals surface area (Å²) in [5, 5.41) is 0. The zero-order valence-corrected chi connectivity index (χ0v) is 12.9. The summed E-state index contributed by atoms with van der Waals surface area (Å²) in [6.07, 6.45) is 0. The first-order chi connectivity index (χ1) is 9.88. The molecule has 2 rings (SSSR count). The van der Waals surface area contributed by atoms with Crippen LogP contribution in [0.5, 0.6) is 0 Å². The zero-order valence-electron chi connectivity index (χ0n) is 12.9. The van der Waals surface area contributed by atoms with E-state index in [9.17, 15) is 4.39 Å². The second kappa shape index (κ2) is 6.08. The fourth-order valence-corrected chi connectivity index (χ4v) is 2.15. The Hall–Kier alpha value is -2.17. The summed E-state index contributed by atoms with van der Waals surface area (Å²) in [7, 11) is 1.92. The lowest BCUT2D eigenvalue weighted by molar-refractivity contribution is 0.625. The fraction of sp³-hybridized carbons (Fsp3) is 0.375. The average Bonchev–Trinajstić information content (AvgIpc) is 2.41. The summed E-state index contributed by atoms with van der Waals surface area (Å²) in [5.41, 5.74) is 7.71. The van der Waals surface area contributed by atoms with Crippen molar-refractivity contribution in [2.45, 2.75) is 33.2 Å². The molecule has 2 aromatic rings. The molecule has 1 heterocycles. The third kappa shape index (κ3) is 3.48. The number of aromatic nitrogens is 2. The molecule has 1 aromatic heterocycles. The van der Waals surface area contributed by atoms with Gasteiger partial charge in [-0.3, -0.25) is 0 Å². The van der Waals surface area contributed by atoms with E-state index in [2.05, 4.69) is 9.97 Å². The van der Waals surface area contributed by atoms with Crippen molar-refractivity contribution in [2.75, 3.05) is 17.7 Å². The first kappa shape index (κ1) is 15.2. The van der Waals surface area contributed by atoms with Crippen LogP contribution in [-0.4, -0.2) is 17.0 Å². The Labute approximate surface area is 124 Å². The lowest BCUT2D eigenvalue weighted by Gasteiger charge is -2.22. The minimum atomic E-state index is -0.234. The molecule has 0 fully saturated rings. The minimum Gasteiger partial charge on any atom is -0.383 e. The number of rotatable bonds is 4. The monoisotopic (exact) mass is 288 g/mol. The molecule has 0 saturated heterocycles. The second-order valence-corrected chi connectivity index (χ2v) is 5.56. The molecule has 1 aromatic carbocycles. The van der Waals surface area contributed by atoms with Crippen molar-refractivity contribution >= 4 is 11.6 Å². The van der Waals surface area contributed by atoms with E-state index in [4.69, 9.17) is 5.73 Å². The van der Waals surface area contributed by atoms with Crippen LogP contribution >= 0.6 is 0 Å². The van der Waals surface area contributed by atoms with Gasteiger partial charge in [-0.05, 0) is 24.6 Å². The van der Waals surface area contributed by atoms with Crippen LogP contribution in [0.25, 0.3) is 0 Å². The van der Waals surface area contributed by atoms with Gasteiger partial charge in [0.05, 0.1) is 0 Å². The smallest absolute Gasteiger partial charge is 0.137 e. The highest BCUT2D eigenvalue weighted by Crippen LogP contribution is 2.24. The van der Waals surface area contributed by atoms with Gasteiger partial charge in [-0.15, -0.1) is 0 Å². The highest BCUT2D eigenvalue weighted by molar-refractivity contribution is 5.56. The van der Waals surface area contributed by atoms with Crippen molar-refractivity contribution in [1.82, 2.24) is 9.97 Å². The molecule has 112 valence electrons. The largest absolute Gasteiger partial charge is 0.383 e. The van der Waals surface area contributed by atoms with E-state index in [-0.39, 0.29) is 11.7 Å². The van der Waals surface area contributed by atoms with Crippen molar-refractivity contribution in [1.29, 1.82) is 0 Å². The van der Waals surface area contributed by atoms with E-state index in [1.54, 1.807) is 6.07 Å². The number of anilines is 2. The van der Waals surface area contributed by atoms with Crippen LogP contribution in [0.4, 0.5) is 16.0 Å². The number of hydrogen-bond donors (Lipinski definition) is 1. The molecule has 0 aliphatic heterocycles. The summed E-state index contributed by atoms with van der Waals surface area (Å²) >= 11 is 0. The molecular formula is C16H21FN4. The lowest BCUT2D eigenvalue weighted by Crippen LogP contribution is -2.21. The molecule has 0 amide bonds. The Morgan fingerprint density at radius 2 is 2.00 bits per heavy atom. The van der Waals surface area contributed by atoms with E-state index in [1.807, 2.05) is 38.8 Å². The first-order valence-corrected chi connectivity index (χ1v) is 6.98. The maximum atomic E-state index is 13.3. The predicted molar refractivity (Wildman–Crippen MR) is 83.8 cm³/mol. The highest BCUT2D eigenvalue weighted by atomic mass is 19.1. The van der Waals surface area contributed by atoms with E-state index in [0.717, 1.165) is 22.8 Å². The molecule has 0 aliphatic rings. The fourth-order valence-electron chi connectivity index (χ4n) is 2.15. The minimum absolute atomic E-state index is 0.203. The quantitative estimate of drug-likeness (QED) is 0.938. The van der Waals surface area contributed by atoms with Gasteiger partial charge in [0.15, 0.2) is 0 Å². The van der Waals surface area contributed by atoms with Crippen molar-refractivity contribution in [3.05, 3.63) is 47.0 Å². The number of nitrogens with two attached hydrogens (primary N) is 1. The zero-order chi connectivity index (χ0) is 15.6. The second-order valence-electron chi connectivity index (χ2n) is 5.56. The topological polar surface area (TPSA) is 55.0 Å². The number of nitrogens with zero attached hydrogens (tertiary/aromatic N) is 3. The number of nitrogen functional groups attached to an aromatic ring is 1. The molecule has 21 heavy (non-hydrogen) atoms. The Bertz CT molecular complexity index is 640. The summed E-state index contributed by atoms with van der Waals surface area (Å²) < 4.78 is 13.3. The van der Waals surface area contributed by atoms with Crippen LogP contribution in [0, 0.1) is 12.7 Å². The van der Waals surface area contributed by atoms with Gasteiger partial charge >= 0.3 is 0 Å². The molecular weight excluding hydrogens is 267 g/mol. The van der Waals surface area contributed by atoms with Gasteiger partial charge in [-0.1, -0.05) is 26.0 Å². The average molecular weight is 288 g/mol. The normalized spacial score (nSPS) is 11.0. The van der Waals surface area contributed by atoms with Gasteiger partial charge in [0.1, 0.15) is 23.3 Å². The van der Waals surface area contributed by atoms with Crippen LogP contribution in [0.15, 0.2) is 24.3 Å². The van der Waals surface area contributed by atoms with Gasteiger partial charge in [0.25, 0.3) is 0 Å². The number of hydrogen-bond acceptors (Lipinski definition) is 4. The lowest BCUT2D eigenvalue weighted by atomic mass is 10.1. The SMILES string of the molecule is Cc1c(N)nc(C(C)C)nc1N(C)Cc1cccc(F)c1. The summed E-state index contributed by atoms with van der Waals surface area (Å²) in [5.74, 6) is 1.97. The Morgan fingerprint density at radius 3 is 2.62 bits per heavy atom.